The van der Waals surface area contributed by atoms with Gasteiger partial charge in [0.15, 0.2) is 0 Å². The van der Waals surface area contributed by atoms with Gasteiger partial charge in [0.1, 0.15) is 11.6 Å². The Balaban J connectivity index is 1.27. The topological polar surface area (TPSA) is 20.3 Å². The summed E-state index contributed by atoms with van der Waals surface area (Å²) in [6.07, 6.45) is 3.92. The Morgan fingerprint density at radius 1 is 0.867 bits per heavy atom. The van der Waals surface area contributed by atoms with Crippen molar-refractivity contribution in [2.24, 2.45) is 5.92 Å². The molecule has 154 valence electrons. The largest absolute Gasteiger partial charge is 0.339 e. The predicted octanol–water partition coefficient (Wildman–Crippen LogP) is 6.12. The quantitative estimate of drug-likeness (QED) is 0.501. The smallest absolute Gasteiger partial charge is 0.256 e. The number of nitrogens with zero attached hydrogens (tertiary/aromatic N) is 1. The Hall–Kier alpha value is -3.01. The Labute approximate surface area is 176 Å². The molecule has 0 aliphatic carbocycles. The number of halogens is 2. The number of rotatable bonds is 5. The van der Waals surface area contributed by atoms with Gasteiger partial charge in [0, 0.05) is 19.2 Å². The van der Waals surface area contributed by atoms with Gasteiger partial charge in [-0.3, -0.25) is 4.79 Å². The van der Waals surface area contributed by atoms with Crippen molar-refractivity contribution in [3.8, 4) is 11.1 Å². The first-order valence-electron chi connectivity index (χ1n) is 10.5. The number of benzene rings is 3. The van der Waals surface area contributed by atoms with Crippen LogP contribution in [0.3, 0.4) is 0 Å². The molecular formula is C26H25F2NO. The summed E-state index contributed by atoms with van der Waals surface area (Å²) in [5, 5.41) is 0. The Bertz CT molecular complexity index is 993. The number of hydrogen-bond donors (Lipinski definition) is 0. The van der Waals surface area contributed by atoms with Gasteiger partial charge in [0.05, 0.1) is 5.56 Å². The van der Waals surface area contributed by atoms with Crippen molar-refractivity contribution in [1.29, 1.82) is 0 Å². The molecule has 2 nitrogen and oxygen atoms in total. The number of amides is 1. The van der Waals surface area contributed by atoms with E-state index in [9.17, 15) is 13.6 Å². The predicted molar refractivity (Wildman–Crippen MR) is 115 cm³/mol. The van der Waals surface area contributed by atoms with E-state index >= 15 is 0 Å². The standard InChI is InChI=1S/C26H25F2NO/c27-23-12-13-24(25(28)18-23)26(30)29-16-14-20(15-17-29)7-6-19-8-10-22(11-9-19)21-4-2-1-3-5-21/h1-5,8-13,18,20H,6-7,14-17H2. The SMILES string of the molecule is O=C(c1ccc(F)cc1F)N1CCC(CCc2ccc(-c3ccccc3)cc2)CC1. The van der Waals surface area contributed by atoms with Crippen LogP contribution in [0.5, 0.6) is 0 Å². The first-order chi connectivity index (χ1) is 14.6. The maximum absolute atomic E-state index is 13.9. The number of piperidine rings is 1. The van der Waals surface area contributed by atoms with Gasteiger partial charge in [-0.25, -0.2) is 8.78 Å². The van der Waals surface area contributed by atoms with Crippen molar-refractivity contribution in [2.45, 2.75) is 25.7 Å². The summed E-state index contributed by atoms with van der Waals surface area (Å²) in [5.74, 6) is -1.25. The number of carbonyl (C=O) groups excluding carboxylic acids is 1. The summed E-state index contributed by atoms with van der Waals surface area (Å²) in [4.78, 5) is 14.2. The number of aryl methyl sites for hydroxylation is 1. The summed E-state index contributed by atoms with van der Waals surface area (Å²) in [6, 6.07) is 22.2. The van der Waals surface area contributed by atoms with Crippen LogP contribution in [0.25, 0.3) is 11.1 Å². The van der Waals surface area contributed by atoms with Crippen LogP contribution in [0.4, 0.5) is 8.78 Å². The molecule has 30 heavy (non-hydrogen) atoms. The van der Waals surface area contributed by atoms with Gasteiger partial charge in [0.25, 0.3) is 5.91 Å². The molecule has 1 amide bonds. The molecule has 0 atom stereocenters. The Morgan fingerprint density at radius 2 is 1.53 bits per heavy atom. The molecule has 0 saturated carbocycles. The van der Waals surface area contributed by atoms with Gasteiger partial charge < -0.3 is 4.90 Å². The summed E-state index contributed by atoms with van der Waals surface area (Å²) in [5.41, 5.74) is 3.72. The first-order valence-corrected chi connectivity index (χ1v) is 10.5. The van der Waals surface area contributed by atoms with Gasteiger partial charge >= 0.3 is 0 Å². The summed E-state index contributed by atoms with van der Waals surface area (Å²) >= 11 is 0. The monoisotopic (exact) mass is 405 g/mol. The number of carbonyl (C=O) groups is 1. The highest BCUT2D eigenvalue weighted by Crippen LogP contribution is 2.25. The maximum Gasteiger partial charge on any atom is 0.256 e. The van der Waals surface area contributed by atoms with Crippen molar-refractivity contribution in [3.05, 3.63) is 95.6 Å². The van der Waals surface area contributed by atoms with Crippen LogP contribution in [0.1, 0.15) is 35.2 Å². The second kappa shape index (κ2) is 9.21. The summed E-state index contributed by atoms with van der Waals surface area (Å²) < 4.78 is 27.0. The molecule has 4 heteroatoms. The molecule has 1 fully saturated rings. The fraction of sp³-hybridized carbons (Fsp3) is 0.269. The van der Waals surface area contributed by atoms with Crippen LogP contribution >= 0.6 is 0 Å². The van der Waals surface area contributed by atoms with Crippen LogP contribution in [-0.2, 0) is 6.42 Å². The zero-order valence-corrected chi connectivity index (χ0v) is 16.9. The van der Waals surface area contributed by atoms with E-state index in [4.69, 9.17) is 0 Å². The lowest BCUT2D eigenvalue weighted by Gasteiger charge is -2.32. The lowest BCUT2D eigenvalue weighted by Crippen LogP contribution is -2.39. The molecule has 3 aromatic rings. The molecule has 0 radical (unpaired) electrons. The first kappa shape index (κ1) is 20.3. The Morgan fingerprint density at radius 3 is 2.20 bits per heavy atom. The minimum Gasteiger partial charge on any atom is -0.339 e. The van der Waals surface area contributed by atoms with Crippen LogP contribution in [0, 0.1) is 17.6 Å². The van der Waals surface area contributed by atoms with Crippen molar-refractivity contribution in [3.63, 3.8) is 0 Å². The van der Waals surface area contributed by atoms with Crippen LogP contribution < -0.4 is 0 Å². The molecule has 3 aromatic carbocycles. The van der Waals surface area contributed by atoms with E-state index < -0.39 is 11.6 Å². The van der Waals surface area contributed by atoms with Crippen LogP contribution in [-0.4, -0.2) is 23.9 Å². The second-order valence-corrected chi connectivity index (χ2v) is 7.96. The third-order valence-electron chi connectivity index (χ3n) is 5.97. The molecular weight excluding hydrogens is 380 g/mol. The summed E-state index contributed by atoms with van der Waals surface area (Å²) in [6.45, 7) is 1.24. The molecule has 0 spiro atoms. The second-order valence-electron chi connectivity index (χ2n) is 7.96. The highest BCUT2D eigenvalue weighted by Gasteiger charge is 2.25. The van der Waals surface area contributed by atoms with Gasteiger partial charge in [-0.1, -0.05) is 54.6 Å². The van der Waals surface area contributed by atoms with Crippen molar-refractivity contribution >= 4 is 5.91 Å². The lowest BCUT2D eigenvalue weighted by molar-refractivity contribution is 0.0682. The molecule has 4 rings (SSSR count). The summed E-state index contributed by atoms with van der Waals surface area (Å²) in [7, 11) is 0. The minimum atomic E-state index is -0.791. The average molecular weight is 405 g/mol. The molecule has 1 heterocycles. The fourth-order valence-electron chi connectivity index (χ4n) is 4.12. The molecule has 1 aliphatic heterocycles. The third kappa shape index (κ3) is 4.76. The minimum absolute atomic E-state index is 0.0478. The third-order valence-corrected chi connectivity index (χ3v) is 5.97. The van der Waals surface area contributed by atoms with Crippen molar-refractivity contribution in [1.82, 2.24) is 4.90 Å². The van der Waals surface area contributed by atoms with E-state index in [0.717, 1.165) is 37.8 Å². The number of hydrogen-bond acceptors (Lipinski definition) is 1. The highest BCUT2D eigenvalue weighted by molar-refractivity contribution is 5.94. The van der Waals surface area contributed by atoms with E-state index in [-0.39, 0.29) is 11.5 Å². The van der Waals surface area contributed by atoms with Crippen molar-refractivity contribution in [2.75, 3.05) is 13.1 Å². The molecule has 0 aromatic heterocycles. The van der Waals surface area contributed by atoms with E-state index in [2.05, 4.69) is 36.4 Å². The van der Waals surface area contributed by atoms with Gasteiger partial charge in [-0.15, -0.1) is 0 Å². The van der Waals surface area contributed by atoms with E-state index in [1.54, 1.807) is 4.90 Å². The van der Waals surface area contributed by atoms with Crippen LogP contribution in [0.2, 0.25) is 0 Å². The van der Waals surface area contributed by atoms with Crippen LogP contribution in [0.15, 0.2) is 72.8 Å². The zero-order chi connectivity index (χ0) is 20.9. The normalized spacial score (nSPS) is 14.7. The van der Waals surface area contributed by atoms with E-state index in [1.165, 1.54) is 22.8 Å². The van der Waals surface area contributed by atoms with Gasteiger partial charge in [-0.2, -0.15) is 0 Å². The number of likely N-dealkylation sites (tertiary alicyclic amines) is 1. The maximum atomic E-state index is 13.9. The molecule has 0 N–H and O–H groups in total. The van der Waals surface area contributed by atoms with Gasteiger partial charge in [-0.05, 0) is 60.4 Å². The molecule has 0 bridgehead atoms. The van der Waals surface area contributed by atoms with Gasteiger partial charge in [0.2, 0.25) is 0 Å². The molecule has 0 unspecified atom stereocenters. The lowest BCUT2D eigenvalue weighted by atomic mass is 9.90. The highest BCUT2D eigenvalue weighted by atomic mass is 19.1. The fourth-order valence-corrected chi connectivity index (χ4v) is 4.12. The molecule has 1 aliphatic rings. The van der Waals surface area contributed by atoms with Crippen molar-refractivity contribution < 1.29 is 13.6 Å². The molecule has 1 saturated heterocycles. The van der Waals surface area contributed by atoms with E-state index in [1.807, 2.05) is 18.2 Å². The van der Waals surface area contributed by atoms with E-state index in [0.29, 0.717) is 19.0 Å². The average Bonchev–Trinajstić information content (AvgIpc) is 2.79. The Kier molecular flexibility index (Phi) is 6.22. The zero-order valence-electron chi connectivity index (χ0n) is 16.9.